The van der Waals surface area contributed by atoms with Crippen LogP contribution in [-0.2, 0) is 4.79 Å². The number of oxime groups is 1. The highest BCUT2D eigenvalue weighted by atomic mass is 16.4. The molecule has 0 heterocycles. The molecule has 0 aromatic carbocycles. The third kappa shape index (κ3) is 1.28. The SMILES string of the molecule is C[C@@]12CC[C@@H](C/C1=N/O)[C@@]2(C)CCC(=O)O. The summed E-state index contributed by atoms with van der Waals surface area (Å²) in [5.41, 5.74) is 0.770. The molecule has 0 radical (unpaired) electrons. The van der Waals surface area contributed by atoms with E-state index in [0.717, 1.165) is 25.0 Å². The van der Waals surface area contributed by atoms with Crippen LogP contribution in [0.15, 0.2) is 5.16 Å². The summed E-state index contributed by atoms with van der Waals surface area (Å²) in [6.45, 7) is 4.28. The van der Waals surface area contributed by atoms with Crippen LogP contribution in [0.5, 0.6) is 0 Å². The average Bonchev–Trinajstić information content (AvgIpc) is 2.60. The molecule has 16 heavy (non-hydrogen) atoms. The molecule has 2 fully saturated rings. The first-order valence-electron chi connectivity index (χ1n) is 5.87. The van der Waals surface area contributed by atoms with Gasteiger partial charge in [0.15, 0.2) is 0 Å². The molecule has 2 saturated carbocycles. The van der Waals surface area contributed by atoms with Gasteiger partial charge in [0.25, 0.3) is 0 Å². The van der Waals surface area contributed by atoms with Crippen molar-refractivity contribution >= 4 is 11.7 Å². The van der Waals surface area contributed by atoms with Gasteiger partial charge in [0.1, 0.15) is 0 Å². The second-order valence-electron chi connectivity index (χ2n) is 5.63. The highest BCUT2D eigenvalue weighted by Gasteiger charge is 2.62. The Hall–Kier alpha value is -1.06. The molecule has 0 spiro atoms. The molecule has 0 unspecified atom stereocenters. The van der Waals surface area contributed by atoms with Crippen LogP contribution in [0, 0.1) is 16.7 Å². The summed E-state index contributed by atoms with van der Waals surface area (Å²) >= 11 is 0. The van der Waals surface area contributed by atoms with Crippen LogP contribution in [-0.4, -0.2) is 22.0 Å². The van der Waals surface area contributed by atoms with Gasteiger partial charge in [-0.25, -0.2) is 0 Å². The maximum Gasteiger partial charge on any atom is 0.303 e. The third-order valence-corrected chi connectivity index (χ3v) is 5.21. The zero-order chi connectivity index (χ0) is 12.0. The molecular weight excluding hydrogens is 206 g/mol. The molecule has 2 rings (SSSR count). The van der Waals surface area contributed by atoms with E-state index in [1.54, 1.807) is 0 Å². The normalized spacial score (nSPS) is 44.1. The van der Waals surface area contributed by atoms with Crippen molar-refractivity contribution in [2.75, 3.05) is 0 Å². The number of carboxylic acids is 1. The van der Waals surface area contributed by atoms with E-state index in [-0.39, 0.29) is 17.3 Å². The standard InChI is InChI=1S/C12H19NO3/c1-11(6-4-10(14)15)8-3-5-12(11,2)9(7-8)13-16/h8,16H,3-7H2,1-2H3,(H,14,15)/b13-9-/t8-,11+,12+/m0/s1. The molecule has 90 valence electrons. The minimum absolute atomic E-state index is 0.00699. The van der Waals surface area contributed by atoms with E-state index < -0.39 is 5.97 Å². The van der Waals surface area contributed by atoms with Gasteiger partial charge >= 0.3 is 5.97 Å². The number of aliphatic carboxylic acids is 1. The second kappa shape index (κ2) is 3.47. The zero-order valence-corrected chi connectivity index (χ0v) is 9.86. The molecule has 2 aliphatic rings. The molecule has 0 aliphatic heterocycles. The van der Waals surface area contributed by atoms with Gasteiger partial charge in [0.2, 0.25) is 0 Å². The van der Waals surface area contributed by atoms with E-state index in [1.165, 1.54) is 0 Å². The van der Waals surface area contributed by atoms with Crippen molar-refractivity contribution < 1.29 is 15.1 Å². The number of carbonyl (C=O) groups is 1. The lowest BCUT2D eigenvalue weighted by molar-refractivity contribution is -0.138. The van der Waals surface area contributed by atoms with Gasteiger partial charge in [-0.2, -0.15) is 0 Å². The Morgan fingerprint density at radius 2 is 2.25 bits per heavy atom. The first kappa shape index (κ1) is 11.4. The van der Waals surface area contributed by atoms with Gasteiger partial charge in [-0.05, 0) is 37.0 Å². The van der Waals surface area contributed by atoms with Crippen molar-refractivity contribution in [2.45, 2.75) is 46.0 Å². The summed E-state index contributed by atoms with van der Waals surface area (Å²) in [5.74, 6) is -0.249. The Bertz CT molecular complexity index is 352. The van der Waals surface area contributed by atoms with Crippen molar-refractivity contribution in [1.82, 2.24) is 0 Å². The van der Waals surface area contributed by atoms with Gasteiger partial charge in [-0.3, -0.25) is 4.79 Å². The monoisotopic (exact) mass is 225 g/mol. The minimum atomic E-state index is -0.737. The van der Waals surface area contributed by atoms with Crippen molar-refractivity contribution in [3.8, 4) is 0 Å². The Morgan fingerprint density at radius 3 is 2.75 bits per heavy atom. The number of hydrogen-bond acceptors (Lipinski definition) is 3. The maximum absolute atomic E-state index is 10.7. The summed E-state index contributed by atoms with van der Waals surface area (Å²) in [4.78, 5) is 10.7. The lowest BCUT2D eigenvalue weighted by Gasteiger charge is -2.37. The van der Waals surface area contributed by atoms with Crippen molar-refractivity contribution in [3.63, 3.8) is 0 Å². The molecule has 2 bridgehead atoms. The van der Waals surface area contributed by atoms with E-state index in [1.807, 2.05) is 0 Å². The number of rotatable bonds is 3. The smallest absolute Gasteiger partial charge is 0.303 e. The van der Waals surface area contributed by atoms with E-state index >= 15 is 0 Å². The fourth-order valence-electron chi connectivity index (χ4n) is 3.78. The predicted molar refractivity (Wildman–Crippen MR) is 59.6 cm³/mol. The van der Waals surface area contributed by atoms with Crippen molar-refractivity contribution in [2.24, 2.45) is 21.9 Å². The molecule has 0 aromatic heterocycles. The number of carboxylic acid groups (broad SMARTS) is 1. The first-order chi connectivity index (χ1) is 7.44. The number of fused-ring (bicyclic) bond motifs is 2. The van der Waals surface area contributed by atoms with Crippen LogP contribution >= 0.6 is 0 Å². The van der Waals surface area contributed by atoms with E-state index in [9.17, 15) is 4.79 Å². The first-order valence-corrected chi connectivity index (χ1v) is 5.87. The van der Waals surface area contributed by atoms with Crippen LogP contribution in [0.3, 0.4) is 0 Å². The van der Waals surface area contributed by atoms with Crippen LogP contribution in [0.25, 0.3) is 0 Å². The topological polar surface area (TPSA) is 69.9 Å². The minimum Gasteiger partial charge on any atom is -0.481 e. The van der Waals surface area contributed by atoms with E-state index in [4.69, 9.17) is 10.3 Å². The quantitative estimate of drug-likeness (QED) is 0.572. The Morgan fingerprint density at radius 1 is 1.56 bits per heavy atom. The maximum atomic E-state index is 10.7. The number of nitrogens with zero attached hydrogens (tertiary/aromatic N) is 1. The van der Waals surface area contributed by atoms with Gasteiger partial charge < -0.3 is 10.3 Å². The van der Waals surface area contributed by atoms with E-state index in [2.05, 4.69) is 19.0 Å². The fourth-order valence-corrected chi connectivity index (χ4v) is 3.78. The number of hydrogen-bond donors (Lipinski definition) is 2. The average molecular weight is 225 g/mol. The Labute approximate surface area is 95.3 Å². The lowest BCUT2D eigenvalue weighted by Crippen LogP contribution is -2.35. The lowest BCUT2D eigenvalue weighted by atomic mass is 9.66. The summed E-state index contributed by atoms with van der Waals surface area (Å²) in [6, 6.07) is 0. The largest absolute Gasteiger partial charge is 0.481 e. The second-order valence-corrected chi connectivity index (χ2v) is 5.63. The van der Waals surface area contributed by atoms with Gasteiger partial charge in [-0.15, -0.1) is 0 Å². The van der Waals surface area contributed by atoms with Crippen LogP contribution in [0.1, 0.15) is 46.0 Å². The fraction of sp³-hybridized carbons (Fsp3) is 0.833. The summed E-state index contributed by atoms with van der Waals surface area (Å²) in [5, 5.41) is 21.3. The van der Waals surface area contributed by atoms with Crippen molar-refractivity contribution in [3.05, 3.63) is 0 Å². The summed E-state index contributed by atoms with van der Waals surface area (Å²) in [7, 11) is 0. The predicted octanol–water partition coefficient (Wildman–Crippen LogP) is 2.51. The Balaban J connectivity index is 2.25. The summed E-state index contributed by atoms with van der Waals surface area (Å²) in [6.07, 6.45) is 3.88. The van der Waals surface area contributed by atoms with Gasteiger partial charge in [0.05, 0.1) is 5.71 Å². The third-order valence-electron chi connectivity index (χ3n) is 5.21. The molecule has 0 aromatic rings. The molecule has 3 atom stereocenters. The highest BCUT2D eigenvalue weighted by molar-refractivity contribution is 5.94. The molecule has 4 heteroatoms. The summed E-state index contributed by atoms with van der Waals surface area (Å²) < 4.78 is 0. The van der Waals surface area contributed by atoms with Gasteiger partial charge in [-0.1, -0.05) is 19.0 Å². The van der Waals surface area contributed by atoms with Crippen molar-refractivity contribution in [1.29, 1.82) is 0 Å². The molecule has 2 N–H and O–H groups in total. The van der Waals surface area contributed by atoms with E-state index in [0.29, 0.717) is 12.3 Å². The molecule has 2 aliphatic carbocycles. The Kier molecular flexibility index (Phi) is 2.48. The molecule has 4 nitrogen and oxygen atoms in total. The highest BCUT2D eigenvalue weighted by Crippen LogP contribution is 2.66. The van der Waals surface area contributed by atoms with Crippen LogP contribution in [0.4, 0.5) is 0 Å². The molecular formula is C12H19NO3. The molecule has 0 saturated heterocycles. The van der Waals surface area contributed by atoms with Crippen LogP contribution < -0.4 is 0 Å². The zero-order valence-electron chi connectivity index (χ0n) is 9.86. The van der Waals surface area contributed by atoms with Gasteiger partial charge in [0, 0.05) is 11.8 Å². The van der Waals surface area contributed by atoms with Crippen LogP contribution in [0.2, 0.25) is 0 Å². The molecule has 0 amide bonds.